The fraction of sp³-hybridized carbons (Fsp3) is 0.130. The van der Waals surface area contributed by atoms with Crippen LogP contribution in [0.3, 0.4) is 0 Å². The van der Waals surface area contributed by atoms with Crippen LogP contribution in [0.25, 0.3) is 17.1 Å². The molecular formula is C23H21ClN4O4S. The van der Waals surface area contributed by atoms with Crippen LogP contribution in [0.4, 0.5) is 0 Å². The minimum absolute atomic E-state index is 0.0157. The lowest BCUT2D eigenvalue weighted by atomic mass is 10.1. The van der Waals surface area contributed by atoms with Gasteiger partial charge in [-0.2, -0.15) is 5.10 Å². The summed E-state index contributed by atoms with van der Waals surface area (Å²) < 4.78 is 30.6. The number of sulfonamides is 1. The van der Waals surface area contributed by atoms with Gasteiger partial charge in [-0.3, -0.25) is 4.79 Å². The van der Waals surface area contributed by atoms with Gasteiger partial charge in [0.1, 0.15) is 5.69 Å². The molecule has 0 spiro atoms. The zero-order valence-corrected chi connectivity index (χ0v) is 19.4. The number of halogens is 1. The molecule has 1 amide bonds. The summed E-state index contributed by atoms with van der Waals surface area (Å²) in [5.41, 5.74) is 2.07. The highest BCUT2D eigenvalue weighted by atomic mass is 35.5. The van der Waals surface area contributed by atoms with Crippen LogP contribution in [0, 0.1) is 0 Å². The normalized spacial score (nSPS) is 12.5. The van der Waals surface area contributed by atoms with Gasteiger partial charge in [-0.05, 0) is 55.0 Å². The number of amides is 1. The molecule has 0 saturated heterocycles. The number of nitrogens with two attached hydrogens (primary N) is 1. The Kier molecular flexibility index (Phi) is 6.11. The van der Waals surface area contributed by atoms with Crippen molar-refractivity contribution in [1.82, 2.24) is 14.7 Å². The fourth-order valence-corrected chi connectivity index (χ4v) is 4.17. The summed E-state index contributed by atoms with van der Waals surface area (Å²) in [6.45, 7) is 1.79. The highest BCUT2D eigenvalue weighted by Gasteiger charge is 2.25. The van der Waals surface area contributed by atoms with E-state index < -0.39 is 16.1 Å². The molecule has 2 N–H and O–H groups in total. The van der Waals surface area contributed by atoms with Gasteiger partial charge in [0.05, 0.1) is 22.9 Å². The van der Waals surface area contributed by atoms with Crippen molar-refractivity contribution in [2.24, 2.45) is 5.14 Å². The molecule has 170 valence electrons. The van der Waals surface area contributed by atoms with Crippen molar-refractivity contribution in [2.75, 3.05) is 7.05 Å². The highest BCUT2D eigenvalue weighted by molar-refractivity contribution is 7.89. The second kappa shape index (κ2) is 8.86. The van der Waals surface area contributed by atoms with Crippen LogP contribution in [0.5, 0.6) is 0 Å². The van der Waals surface area contributed by atoms with E-state index in [1.807, 2.05) is 6.07 Å². The van der Waals surface area contributed by atoms with Crippen LogP contribution in [0.15, 0.2) is 82.3 Å². The smallest absolute Gasteiger partial charge is 0.274 e. The number of benzene rings is 2. The molecule has 4 aromatic rings. The summed E-state index contributed by atoms with van der Waals surface area (Å²) >= 11 is 6.15. The summed E-state index contributed by atoms with van der Waals surface area (Å²) in [4.78, 5) is 14.8. The average Bonchev–Trinajstić information content (AvgIpc) is 3.47. The Morgan fingerprint density at radius 3 is 2.55 bits per heavy atom. The van der Waals surface area contributed by atoms with E-state index in [2.05, 4.69) is 5.10 Å². The number of hydrogen-bond donors (Lipinski definition) is 1. The van der Waals surface area contributed by atoms with Gasteiger partial charge < -0.3 is 9.32 Å². The van der Waals surface area contributed by atoms with E-state index in [1.54, 1.807) is 73.4 Å². The van der Waals surface area contributed by atoms with E-state index >= 15 is 0 Å². The quantitative estimate of drug-likeness (QED) is 0.439. The molecule has 1 unspecified atom stereocenters. The van der Waals surface area contributed by atoms with E-state index in [-0.39, 0.29) is 16.5 Å². The number of rotatable bonds is 6. The lowest BCUT2D eigenvalue weighted by Gasteiger charge is -2.25. The zero-order valence-electron chi connectivity index (χ0n) is 17.8. The first kappa shape index (κ1) is 22.8. The molecule has 33 heavy (non-hydrogen) atoms. The van der Waals surface area contributed by atoms with E-state index in [0.717, 1.165) is 0 Å². The van der Waals surface area contributed by atoms with Gasteiger partial charge in [0, 0.05) is 18.1 Å². The van der Waals surface area contributed by atoms with E-state index in [0.29, 0.717) is 27.7 Å². The molecule has 4 rings (SSSR count). The molecule has 2 aromatic heterocycles. The molecular weight excluding hydrogens is 464 g/mol. The summed E-state index contributed by atoms with van der Waals surface area (Å²) in [5, 5.41) is 10.3. The van der Waals surface area contributed by atoms with E-state index in [1.165, 1.54) is 17.0 Å². The standard InChI is InChI=1S/C23H21ClN4O4S/c1-15(16-6-3-9-19(12-16)33(25,30)31)27(2)23(29)20-14-21(22-10-5-11-32-22)28(26-20)18-8-4-7-17(24)13-18/h3-15H,1-2H3,(H2,25,30,31). The number of hydrogen-bond acceptors (Lipinski definition) is 5. The Bertz CT molecular complexity index is 1410. The van der Waals surface area contributed by atoms with Crippen LogP contribution in [0.1, 0.15) is 29.0 Å². The lowest BCUT2D eigenvalue weighted by molar-refractivity contribution is 0.0736. The Labute approximate surface area is 196 Å². The molecule has 0 saturated carbocycles. The van der Waals surface area contributed by atoms with Gasteiger partial charge in [-0.25, -0.2) is 18.2 Å². The number of nitrogens with zero attached hydrogens (tertiary/aromatic N) is 3. The summed E-state index contributed by atoms with van der Waals surface area (Å²) in [5.74, 6) is 0.190. The topological polar surface area (TPSA) is 111 Å². The highest BCUT2D eigenvalue weighted by Crippen LogP contribution is 2.28. The Hall–Kier alpha value is -3.40. The average molecular weight is 485 g/mol. The largest absolute Gasteiger partial charge is 0.463 e. The SMILES string of the molecule is CC(c1cccc(S(N)(=O)=O)c1)N(C)C(=O)c1cc(-c2ccco2)n(-c2cccc(Cl)c2)n1. The van der Waals surface area contributed by atoms with Gasteiger partial charge in [0.15, 0.2) is 11.5 Å². The van der Waals surface area contributed by atoms with Crippen LogP contribution in [-0.4, -0.2) is 36.1 Å². The maximum Gasteiger partial charge on any atom is 0.274 e. The molecule has 0 aliphatic heterocycles. The third-order valence-corrected chi connectivity index (χ3v) is 6.47. The first-order valence-electron chi connectivity index (χ1n) is 9.95. The van der Waals surface area contributed by atoms with Gasteiger partial charge in [-0.1, -0.05) is 29.8 Å². The zero-order chi connectivity index (χ0) is 23.8. The van der Waals surface area contributed by atoms with E-state index in [4.69, 9.17) is 21.2 Å². The molecule has 8 nitrogen and oxygen atoms in total. The Balaban J connectivity index is 1.70. The van der Waals surface area contributed by atoms with Gasteiger partial charge in [0.2, 0.25) is 10.0 Å². The second-order valence-corrected chi connectivity index (χ2v) is 9.49. The Morgan fingerprint density at radius 2 is 1.88 bits per heavy atom. The number of carbonyl (C=O) groups excluding carboxylic acids is 1. The van der Waals surface area contributed by atoms with Crippen LogP contribution < -0.4 is 5.14 Å². The second-order valence-electron chi connectivity index (χ2n) is 7.49. The van der Waals surface area contributed by atoms with Gasteiger partial charge in [0.25, 0.3) is 5.91 Å². The molecule has 10 heteroatoms. The molecule has 0 aliphatic rings. The number of carbonyl (C=O) groups is 1. The van der Waals surface area contributed by atoms with Crippen molar-refractivity contribution < 1.29 is 17.6 Å². The van der Waals surface area contributed by atoms with Crippen molar-refractivity contribution in [3.63, 3.8) is 0 Å². The van der Waals surface area contributed by atoms with Crippen LogP contribution in [-0.2, 0) is 10.0 Å². The van der Waals surface area contributed by atoms with E-state index in [9.17, 15) is 13.2 Å². The first-order chi connectivity index (χ1) is 15.6. The molecule has 0 fully saturated rings. The van der Waals surface area contributed by atoms with Gasteiger partial charge in [-0.15, -0.1) is 0 Å². The fourth-order valence-electron chi connectivity index (χ4n) is 3.42. The summed E-state index contributed by atoms with van der Waals surface area (Å²) in [7, 11) is -2.23. The first-order valence-corrected chi connectivity index (χ1v) is 11.9. The molecule has 2 heterocycles. The van der Waals surface area contributed by atoms with Crippen molar-refractivity contribution in [2.45, 2.75) is 17.9 Å². The minimum atomic E-state index is -3.86. The number of primary sulfonamides is 1. The minimum Gasteiger partial charge on any atom is -0.463 e. The van der Waals surface area contributed by atoms with Crippen molar-refractivity contribution in [1.29, 1.82) is 0 Å². The lowest BCUT2D eigenvalue weighted by Crippen LogP contribution is -2.30. The summed E-state index contributed by atoms with van der Waals surface area (Å²) in [6.07, 6.45) is 1.54. The maximum absolute atomic E-state index is 13.3. The summed E-state index contributed by atoms with van der Waals surface area (Å²) in [6, 6.07) is 18.0. The molecule has 2 aromatic carbocycles. The van der Waals surface area contributed by atoms with Crippen LogP contribution >= 0.6 is 11.6 Å². The molecule has 0 aliphatic carbocycles. The van der Waals surface area contributed by atoms with Gasteiger partial charge >= 0.3 is 0 Å². The third kappa shape index (κ3) is 4.70. The predicted molar refractivity (Wildman–Crippen MR) is 125 cm³/mol. The molecule has 0 bridgehead atoms. The maximum atomic E-state index is 13.3. The Morgan fingerprint density at radius 1 is 1.12 bits per heavy atom. The van der Waals surface area contributed by atoms with Crippen molar-refractivity contribution in [3.8, 4) is 17.1 Å². The third-order valence-electron chi connectivity index (χ3n) is 5.33. The predicted octanol–water partition coefficient (Wildman–Crippen LogP) is 4.27. The van der Waals surface area contributed by atoms with Crippen molar-refractivity contribution in [3.05, 3.63) is 89.3 Å². The molecule has 1 atom stereocenters. The monoisotopic (exact) mass is 484 g/mol. The van der Waals surface area contributed by atoms with Crippen molar-refractivity contribution >= 4 is 27.5 Å². The number of aromatic nitrogens is 2. The molecule has 0 radical (unpaired) electrons. The van der Waals surface area contributed by atoms with Crippen LogP contribution in [0.2, 0.25) is 5.02 Å². The number of furan rings is 1.